The van der Waals surface area contributed by atoms with Gasteiger partial charge in [-0.3, -0.25) is 9.59 Å². The molecule has 0 unspecified atom stereocenters. The minimum atomic E-state index is -1.27. The third-order valence-electron chi connectivity index (χ3n) is 8.12. The van der Waals surface area contributed by atoms with E-state index in [0.717, 1.165) is 0 Å². The van der Waals surface area contributed by atoms with Crippen molar-refractivity contribution in [3.8, 4) is 0 Å². The van der Waals surface area contributed by atoms with Crippen molar-refractivity contribution >= 4 is 11.9 Å². The molecule has 0 amide bonds. The smallest absolute Gasteiger partial charge is 0.316 e. The van der Waals surface area contributed by atoms with E-state index in [1.54, 1.807) is 19.1 Å². The van der Waals surface area contributed by atoms with Gasteiger partial charge in [-0.05, 0) is 49.7 Å². The van der Waals surface area contributed by atoms with Crippen molar-refractivity contribution in [2.24, 2.45) is 28.6 Å². The number of carboxylic acid groups (broad SMARTS) is 1. The lowest BCUT2D eigenvalue weighted by atomic mass is 9.61. The molecule has 0 aromatic rings. The zero-order valence-corrected chi connectivity index (χ0v) is 14.1. The number of aliphatic carboxylic acids is 1. The van der Waals surface area contributed by atoms with Gasteiger partial charge in [0.05, 0.1) is 17.6 Å². The highest BCUT2D eigenvalue weighted by Gasteiger charge is 2.83. The predicted molar refractivity (Wildman–Crippen MR) is 85.2 cm³/mol. The first kappa shape index (κ1) is 15.6. The van der Waals surface area contributed by atoms with Crippen LogP contribution in [0, 0.1) is 28.6 Å². The highest BCUT2D eigenvalue weighted by molar-refractivity contribution is 5.86. The Morgan fingerprint density at radius 2 is 2.16 bits per heavy atom. The van der Waals surface area contributed by atoms with E-state index in [2.05, 4.69) is 6.58 Å². The zero-order chi connectivity index (χ0) is 18.0. The van der Waals surface area contributed by atoms with Gasteiger partial charge in [0.2, 0.25) is 0 Å². The normalized spacial score (nSPS) is 58.0. The minimum absolute atomic E-state index is 0.180. The van der Waals surface area contributed by atoms with Crippen LogP contribution in [-0.4, -0.2) is 44.6 Å². The molecule has 6 heteroatoms. The summed E-state index contributed by atoms with van der Waals surface area (Å²) in [5, 5.41) is 31.6. The van der Waals surface area contributed by atoms with Crippen molar-refractivity contribution in [2.75, 3.05) is 0 Å². The molecule has 5 aliphatic rings. The van der Waals surface area contributed by atoms with Gasteiger partial charge in [0.25, 0.3) is 0 Å². The fourth-order valence-electron chi connectivity index (χ4n) is 7.13. The number of ether oxygens (including phenoxy) is 1. The van der Waals surface area contributed by atoms with Crippen molar-refractivity contribution in [1.29, 1.82) is 0 Å². The Balaban J connectivity index is 1.78. The van der Waals surface area contributed by atoms with Crippen LogP contribution in [0.25, 0.3) is 0 Å². The number of rotatable bonds is 1. The van der Waals surface area contributed by atoms with Gasteiger partial charge in [-0.1, -0.05) is 12.7 Å². The molecule has 0 radical (unpaired) electrons. The van der Waals surface area contributed by atoms with E-state index in [9.17, 15) is 24.9 Å². The van der Waals surface area contributed by atoms with Gasteiger partial charge < -0.3 is 20.1 Å². The maximum Gasteiger partial charge on any atom is 0.316 e. The summed E-state index contributed by atoms with van der Waals surface area (Å²) in [6, 6.07) is 0. The molecule has 3 saturated carbocycles. The summed E-state index contributed by atoms with van der Waals surface area (Å²) < 4.78 is 5.87. The van der Waals surface area contributed by atoms with Crippen molar-refractivity contribution in [2.45, 2.75) is 49.9 Å². The fraction of sp³-hybridized carbons (Fsp3) is 0.684. The van der Waals surface area contributed by atoms with Crippen molar-refractivity contribution in [1.82, 2.24) is 0 Å². The summed E-state index contributed by atoms with van der Waals surface area (Å²) in [5.41, 5.74) is -3.29. The van der Waals surface area contributed by atoms with E-state index in [1.165, 1.54) is 0 Å². The molecule has 25 heavy (non-hydrogen) atoms. The molecule has 3 N–H and O–H groups in total. The second-order valence-corrected chi connectivity index (χ2v) is 8.94. The average Bonchev–Trinajstić information content (AvgIpc) is 2.95. The number of esters is 1. The van der Waals surface area contributed by atoms with E-state index in [-0.39, 0.29) is 5.92 Å². The summed E-state index contributed by atoms with van der Waals surface area (Å²) in [5.74, 6) is -3.18. The van der Waals surface area contributed by atoms with Crippen molar-refractivity contribution in [3.63, 3.8) is 0 Å². The first-order valence-corrected chi connectivity index (χ1v) is 8.86. The maximum absolute atomic E-state index is 12.7. The molecular formula is C19H22O6. The number of aliphatic hydroxyl groups is 2. The van der Waals surface area contributed by atoms with Crippen LogP contribution in [0.15, 0.2) is 24.3 Å². The lowest BCUT2D eigenvalue weighted by molar-refractivity contribution is -0.163. The summed E-state index contributed by atoms with van der Waals surface area (Å²) >= 11 is 0. The zero-order valence-electron chi connectivity index (χ0n) is 14.1. The van der Waals surface area contributed by atoms with E-state index in [1.807, 2.05) is 0 Å². The van der Waals surface area contributed by atoms with Crippen LogP contribution in [0.3, 0.4) is 0 Å². The van der Waals surface area contributed by atoms with Crippen LogP contribution >= 0.6 is 0 Å². The number of hydrogen-bond donors (Lipinski definition) is 3. The fourth-order valence-corrected chi connectivity index (χ4v) is 7.13. The number of fused-ring (bicyclic) bond motifs is 1. The van der Waals surface area contributed by atoms with Crippen LogP contribution in [-0.2, 0) is 14.3 Å². The van der Waals surface area contributed by atoms with E-state index < -0.39 is 51.9 Å². The van der Waals surface area contributed by atoms with E-state index in [0.29, 0.717) is 31.3 Å². The third-order valence-corrected chi connectivity index (χ3v) is 8.12. The first-order chi connectivity index (χ1) is 11.6. The standard InChI is InChI=1S/C19H22O6/c1-9-7-17-8-18(9,24)5-3-10(17)19-6-4-11(20)16(2,15(23)25-19)13(19)12(17)14(21)22/h4,6,10-13,20,24H,1,3,5,7-8H2,2H3,(H,21,22)/t10-,11+,12+,13-,16+,17+,18+,19-/m0/s1. The van der Waals surface area contributed by atoms with Crippen LogP contribution in [0.1, 0.15) is 32.6 Å². The Kier molecular flexibility index (Phi) is 2.50. The minimum Gasteiger partial charge on any atom is -0.481 e. The monoisotopic (exact) mass is 346 g/mol. The van der Waals surface area contributed by atoms with Gasteiger partial charge in [0.1, 0.15) is 11.0 Å². The number of carbonyl (C=O) groups excluding carboxylic acids is 1. The molecule has 1 heterocycles. The Hall–Kier alpha value is -1.66. The quantitative estimate of drug-likeness (QED) is 0.484. The summed E-state index contributed by atoms with van der Waals surface area (Å²) in [6.45, 7) is 5.64. The molecule has 4 aliphatic carbocycles. The van der Waals surface area contributed by atoms with Gasteiger partial charge in [-0.15, -0.1) is 0 Å². The van der Waals surface area contributed by atoms with Crippen molar-refractivity contribution in [3.05, 3.63) is 24.3 Å². The molecule has 5 rings (SSSR count). The molecule has 4 bridgehead atoms. The molecule has 8 atom stereocenters. The number of carboxylic acids is 1. The van der Waals surface area contributed by atoms with Gasteiger partial charge >= 0.3 is 11.9 Å². The van der Waals surface area contributed by atoms with Gasteiger partial charge in [-0.2, -0.15) is 0 Å². The number of carbonyl (C=O) groups is 2. The highest BCUT2D eigenvalue weighted by atomic mass is 16.6. The molecule has 1 aliphatic heterocycles. The van der Waals surface area contributed by atoms with Gasteiger partial charge in [0, 0.05) is 11.8 Å². The lowest BCUT2D eigenvalue weighted by Crippen LogP contribution is -2.50. The SMILES string of the molecule is C=C1C[C@@]23C[C@]1(O)CC[C@@H]2[C@]12C=C[C@@H](O)[C@@](C)(C(=O)O1)[C@@H]2[C@@H]3C(=O)O. The first-order valence-electron chi connectivity index (χ1n) is 8.86. The Labute approximate surface area is 145 Å². The predicted octanol–water partition coefficient (Wildman–Crippen LogP) is 1.03. The Bertz CT molecular complexity index is 772. The topological polar surface area (TPSA) is 104 Å². The summed E-state index contributed by atoms with van der Waals surface area (Å²) in [4.78, 5) is 25.1. The van der Waals surface area contributed by atoms with Crippen LogP contribution < -0.4 is 0 Å². The van der Waals surface area contributed by atoms with Crippen LogP contribution in [0.5, 0.6) is 0 Å². The van der Waals surface area contributed by atoms with Gasteiger partial charge in [-0.25, -0.2) is 0 Å². The van der Waals surface area contributed by atoms with Crippen LogP contribution in [0.4, 0.5) is 0 Å². The molecule has 0 aromatic carbocycles. The van der Waals surface area contributed by atoms with Gasteiger partial charge in [0.15, 0.2) is 0 Å². The van der Waals surface area contributed by atoms with E-state index >= 15 is 0 Å². The molecule has 1 saturated heterocycles. The highest BCUT2D eigenvalue weighted by Crippen LogP contribution is 2.77. The molecular weight excluding hydrogens is 324 g/mol. The molecule has 134 valence electrons. The van der Waals surface area contributed by atoms with Crippen molar-refractivity contribution < 1.29 is 29.6 Å². The lowest BCUT2D eigenvalue weighted by Gasteiger charge is -2.44. The molecule has 6 nitrogen and oxygen atoms in total. The summed E-state index contributed by atoms with van der Waals surface area (Å²) in [7, 11) is 0. The number of aliphatic hydroxyl groups excluding tert-OH is 1. The molecule has 4 fully saturated rings. The molecule has 1 spiro atoms. The average molecular weight is 346 g/mol. The number of hydrogen-bond acceptors (Lipinski definition) is 5. The van der Waals surface area contributed by atoms with E-state index in [4.69, 9.17) is 4.74 Å². The summed E-state index contributed by atoms with van der Waals surface area (Å²) in [6.07, 6.45) is 4.11. The second kappa shape index (κ2) is 4.01. The Morgan fingerprint density at radius 3 is 2.84 bits per heavy atom. The second-order valence-electron chi connectivity index (χ2n) is 8.94. The maximum atomic E-state index is 12.7. The molecule has 0 aromatic heterocycles. The largest absolute Gasteiger partial charge is 0.481 e. The Morgan fingerprint density at radius 1 is 1.44 bits per heavy atom. The third kappa shape index (κ3) is 1.36. The van der Waals surface area contributed by atoms with Crippen LogP contribution in [0.2, 0.25) is 0 Å².